The molecule has 4 aliphatic rings. The predicted octanol–water partition coefficient (Wildman–Crippen LogP) is 4.46. The van der Waals surface area contributed by atoms with Crippen LogP contribution in [0.25, 0.3) is 79.4 Å². The number of aromatic nitrogens is 22. The zero-order valence-corrected chi connectivity index (χ0v) is 68.0. The van der Waals surface area contributed by atoms with E-state index in [1.807, 2.05) is 59.3 Å². The first-order valence-corrected chi connectivity index (χ1v) is 40.2. The van der Waals surface area contributed by atoms with Crippen LogP contribution in [0.4, 0.5) is 22.7 Å². The summed E-state index contributed by atoms with van der Waals surface area (Å²) >= 11 is 0. The van der Waals surface area contributed by atoms with Crippen molar-refractivity contribution in [1.82, 2.24) is 75.1 Å². The Bertz CT molecular complexity index is 7230. The molecule has 6 N–H and O–H groups in total. The van der Waals surface area contributed by atoms with Gasteiger partial charge in [0.15, 0.2) is 22.8 Å². The molecule has 9 aromatic heterocycles. The monoisotopic (exact) mass is 1760 g/mol. The van der Waals surface area contributed by atoms with E-state index in [2.05, 4.69) is 91.1 Å². The second-order valence-corrected chi connectivity index (χ2v) is 29.6. The third-order valence-electron chi connectivity index (χ3n) is 21.5. The Hall–Kier alpha value is -18.2. The minimum Gasteiger partial charge on any atom is -0.692 e. The molecule has 652 valence electrons. The first kappa shape index (κ1) is 82.7. The second-order valence-electron chi connectivity index (χ2n) is 29.6. The number of nitrogens with zero attached hydrogens (tertiary/aromatic N) is 22. The number of hydrogen-bond acceptors (Lipinski definition) is 27. The highest BCUT2D eigenvalue weighted by molar-refractivity contribution is 6.09. The van der Waals surface area contributed by atoms with Gasteiger partial charge < -0.3 is 77.9 Å². The zero-order valence-electron chi connectivity index (χ0n) is 68.0. The summed E-state index contributed by atoms with van der Waals surface area (Å²) < 4.78 is 20.6. The molecule has 0 atom stereocenters. The number of fused-ring (bicyclic) bond motifs is 12. The summed E-state index contributed by atoms with van der Waals surface area (Å²) in [4.78, 5) is 75.5. The number of rotatable bonds is 18. The van der Waals surface area contributed by atoms with Crippen molar-refractivity contribution < 1.29 is 86.6 Å². The number of benzene rings is 8. The fraction of sp³-hybridized carbons (Fsp3) is 0.153. The zero-order chi connectivity index (χ0) is 90.0. The van der Waals surface area contributed by atoms with E-state index in [1.165, 1.54) is 6.92 Å². The molecular formula is C85H69N27O18. The molecule has 8 aromatic carbocycles. The van der Waals surface area contributed by atoms with Crippen LogP contribution in [0.2, 0.25) is 0 Å². The number of amides is 5. The van der Waals surface area contributed by atoms with Crippen molar-refractivity contribution in [3.05, 3.63) is 334 Å². The normalized spacial score (nSPS) is 12.2. The van der Waals surface area contributed by atoms with E-state index in [4.69, 9.17) is 0 Å². The van der Waals surface area contributed by atoms with Crippen LogP contribution in [-0.2, 0) is 69.3 Å². The number of aliphatic hydroxyl groups excluding tert-OH is 1. The van der Waals surface area contributed by atoms with Gasteiger partial charge in [-0.2, -0.15) is 0 Å². The highest BCUT2D eigenvalue weighted by Gasteiger charge is 2.44. The van der Waals surface area contributed by atoms with Crippen LogP contribution in [0.5, 0.6) is 0 Å². The number of hydrogen-bond donors (Lipinski definition) is 6. The van der Waals surface area contributed by atoms with Crippen molar-refractivity contribution >= 4 is 52.3 Å². The molecule has 21 rings (SSSR count). The largest absolute Gasteiger partial charge is 0.692 e. The molecule has 9 heterocycles. The molecular weight excluding hydrogens is 1690 g/mol. The van der Waals surface area contributed by atoms with Crippen LogP contribution in [0.15, 0.2) is 237 Å². The third kappa shape index (κ3) is 16.1. The Labute approximate surface area is 729 Å². The van der Waals surface area contributed by atoms with Gasteiger partial charge in [-0.15, -0.1) is 19.4 Å². The number of carbonyl (C=O) groups is 5. The first-order valence-electron chi connectivity index (χ1n) is 40.2. The first-order chi connectivity index (χ1) is 63.2. The molecule has 0 unspecified atom stereocenters. The predicted molar refractivity (Wildman–Crippen MR) is 446 cm³/mol. The van der Waals surface area contributed by atoms with Gasteiger partial charge in [-0.05, 0) is 153 Å². The smallest absolute Gasteiger partial charge is 0.303 e. The van der Waals surface area contributed by atoms with Gasteiger partial charge >= 0.3 is 45.6 Å². The van der Waals surface area contributed by atoms with Crippen LogP contribution in [0, 0.1) is 41.7 Å². The number of imidazole rings is 1. The van der Waals surface area contributed by atoms with Gasteiger partial charge in [-0.1, -0.05) is 109 Å². The summed E-state index contributed by atoms with van der Waals surface area (Å²) in [7, 11) is 0. The van der Waals surface area contributed by atoms with Crippen molar-refractivity contribution in [2.45, 2.75) is 77.9 Å². The van der Waals surface area contributed by atoms with Gasteiger partial charge in [0.25, 0.3) is 23.6 Å². The highest BCUT2D eigenvalue weighted by atomic mass is 16.8. The molecule has 0 bridgehead atoms. The van der Waals surface area contributed by atoms with Gasteiger partial charge in [-0.3, -0.25) is 42.5 Å². The minimum atomic E-state index is -0.474. The third-order valence-corrected chi connectivity index (χ3v) is 21.5. The molecule has 45 heteroatoms. The number of aliphatic hydroxyl groups is 1. The van der Waals surface area contributed by atoms with Gasteiger partial charge in [0, 0.05) is 107 Å². The minimum absolute atomic E-state index is 0.150. The van der Waals surface area contributed by atoms with Crippen molar-refractivity contribution in [3.8, 4) is 79.4 Å². The molecule has 0 saturated carbocycles. The topological polar surface area (TPSA) is 574 Å². The van der Waals surface area contributed by atoms with E-state index in [0.717, 1.165) is 43.3 Å². The van der Waals surface area contributed by atoms with Crippen LogP contribution in [-0.4, -0.2) is 111 Å². The number of anilines is 4. The van der Waals surface area contributed by atoms with Crippen molar-refractivity contribution in [2.75, 3.05) is 27.8 Å². The molecule has 45 nitrogen and oxygen atoms in total. The van der Waals surface area contributed by atoms with Crippen molar-refractivity contribution in [1.29, 1.82) is 0 Å². The average Bonchev–Trinajstić information content (AvgIpc) is 1.61. The lowest BCUT2D eigenvalue weighted by atomic mass is 10.0. The molecule has 17 aromatic rings. The Morgan fingerprint density at radius 2 is 0.700 bits per heavy atom. The van der Waals surface area contributed by atoms with Crippen LogP contribution < -0.4 is 65.6 Å². The van der Waals surface area contributed by atoms with Gasteiger partial charge in [-0.25, -0.2) is 4.98 Å². The Morgan fingerprint density at radius 3 is 1.08 bits per heavy atom. The summed E-state index contributed by atoms with van der Waals surface area (Å²) in [5.74, 6) is -1.85. The Balaban J connectivity index is 0.000000117. The summed E-state index contributed by atoms with van der Waals surface area (Å²) in [6.45, 7) is 2.43. The van der Waals surface area contributed by atoms with E-state index in [1.54, 1.807) is 164 Å². The molecule has 0 saturated heterocycles. The molecule has 0 aliphatic heterocycles. The van der Waals surface area contributed by atoms with Gasteiger partial charge in [0.2, 0.25) is 28.7 Å². The second kappa shape index (κ2) is 35.2. The maximum atomic E-state index is 13.3. The standard InChI is InChI=1S/C25H18N6O4.C21H17N7O5.C20H16N6O5.C19H18N8O4/c32-25(26-18-10-6-9-17(15-18)16-7-2-1-3-8-16)19-11-4-5-12-20(19)29-27-23-21(30(29)33)13-14-22-24(23)28-35-31(22)34;1-12(29)22-13-5-4-6-14(11-13)23-21(30)15-7-2-3-8-16(15)26-24-19-17(27(26)31)9-10-18-20(19)25-33-28(18)32;27-11-12-4-3-5-13(10-12)21-20(28)14-6-1-2-7-15(14)24-22-18-16(25(24)29)8-9-17-19(18)23-31-26(17)30;28-19(21-8-3-10-24-11-9-20-12-24)13-4-1-2-5-14(13)25-22-17-15(26(25)29)6-7-16-18(17)23-31-27(16)30/h1-12,15H,13-14H2,(H,26,32);2-8,11H,9-10H2,1H3,(H,22,29)(H,23,30);1-7,10,27H,8-9,11H2,(H,21,28);1-2,4-5,9,11-12H,3,6-8,10H2,(H,21,28). The van der Waals surface area contributed by atoms with E-state index in [0.29, 0.717) is 168 Å². The Morgan fingerprint density at radius 1 is 0.369 bits per heavy atom. The molecule has 4 aliphatic carbocycles. The fourth-order valence-electron chi connectivity index (χ4n) is 15.3. The maximum Gasteiger partial charge on any atom is 0.303 e. The van der Waals surface area contributed by atoms with E-state index in [-0.39, 0.29) is 117 Å². The lowest BCUT2D eigenvalue weighted by molar-refractivity contribution is -0.808. The Kier molecular flexibility index (Phi) is 22.4. The van der Waals surface area contributed by atoms with Gasteiger partial charge in [0.1, 0.15) is 22.7 Å². The molecule has 0 fully saturated rings. The van der Waals surface area contributed by atoms with Crippen LogP contribution in [0.3, 0.4) is 0 Å². The van der Waals surface area contributed by atoms with Gasteiger partial charge in [0.05, 0.1) is 76.2 Å². The summed E-state index contributed by atoms with van der Waals surface area (Å²) in [6, 6.07) is 57.3. The van der Waals surface area contributed by atoms with Crippen molar-refractivity contribution in [2.24, 2.45) is 0 Å². The van der Waals surface area contributed by atoms with E-state index < -0.39 is 11.8 Å². The van der Waals surface area contributed by atoms with E-state index in [9.17, 15) is 70.7 Å². The maximum absolute atomic E-state index is 13.3. The average molecular weight is 1760 g/mol. The number of aryl methyl sites for hydroxylation is 1. The van der Waals surface area contributed by atoms with E-state index >= 15 is 0 Å². The molecule has 0 spiro atoms. The number of para-hydroxylation sites is 4. The van der Waals surface area contributed by atoms with Crippen LogP contribution in [0.1, 0.15) is 106 Å². The summed E-state index contributed by atoms with van der Waals surface area (Å²) in [6.07, 6.45) is 8.41. The highest BCUT2D eigenvalue weighted by Crippen LogP contribution is 2.34. The van der Waals surface area contributed by atoms with Crippen molar-refractivity contribution in [3.63, 3.8) is 0 Å². The molecule has 5 amide bonds. The molecule has 0 radical (unpaired) electrons. The molecule has 130 heavy (non-hydrogen) atoms. The summed E-state index contributed by atoms with van der Waals surface area (Å²) in [5.41, 5.74) is 11.6. The number of nitrogens with one attached hydrogen (secondary N) is 5. The van der Waals surface area contributed by atoms with Crippen LogP contribution >= 0.6 is 0 Å². The SMILES string of the molecule is CC(=O)Nc1cccc(NC(=O)c2ccccc2-n2nc3c([n+]2[O-])CCc2c-3no[n+]2[O-])c1.O=C(NCCCn1ccnc1)c1ccccc1-n1nc2c([n+]1[O-])CCc1c-2no[n+]1[O-].O=C(Nc1cccc(-c2ccccc2)c1)c1ccccc1-n1nc2c([n+]1[O-])CCc1c-2no[n+]1[O-].O=C(Nc1cccc(CO)c1)c1ccccc1-n1nc2c([n+]1[O-])CCc1c-2no[n+]1[O-]. The lowest BCUT2D eigenvalue weighted by Crippen LogP contribution is -2.42. The fourth-order valence-corrected chi connectivity index (χ4v) is 15.3. The lowest BCUT2D eigenvalue weighted by Gasteiger charge is -2.12. The summed E-state index contributed by atoms with van der Waals surface area (Å²) in [5, 5.41) is 155. The quantitative estimate of drug-likeness (QED) is 0.0392. The number of carbonyl (C=O) groups excluding carboxylic acids is 5.